The third-order valence-electron chi connectivity index (χ3n) is 6.75. The number of rotatable bonds is 3. The number of nitrogens with zero attached hydrogens (tertiary/aromatic N) is 1. The number of aliphatic hydroxyl groups is 1. The van der Waals surface area contributed by atoms with Gasteiger partial charge in [0, 0.05) is 30.1 Å². The number of hydrogen-bond acceptors (Lipinski definition) is 4. The molecule has 6 rings (SSSR count). The van der Waals surface area contributed by atoms with Gasteiger partial charge < -0.3 is 16.2 Å². The van der Waals surface area contributed by atoms with Crippen LogP contribution in [0, 0.1) is 23.7 Å². The Morgan fingerprint density at radius 1 is 1.25 bits per heavy atom. The summed E-state index contributed by atoms with van der Waals surface area (Å²) in [5.74, 6) is 1.68. The van der Waals surface area contributed by atoms with Crippen LogP contribution in [0.15, 0.2) is 12.3 Å². The minimum atomic E-state index is -0.447. The van der Waals surface area contributed by atoms with Crippen LogP contribution in [0.5, 0.6) is 0 Å². The van der Waals surface area contributed by atoms with Gasteiger partial charge in [0.15, 0.2) is 0 Å². The fourth-order valence-corrected chi connectivity index (χ4v) is 5.81. The van der Waals surface area contributed by atoms with Crippen molar-refractivity contribution >= 4 is 17.7 Å². The van der Waals surface area contributed by atoms with Gasteiger partial charge in [-0.2, -0.15) is 0 Å². The maximum Gasteiger partial charge on any atom is 0.252 e. The third-order valence-corrected chi connectivity index (χ3v) is 6.75. The molecule has 1 heterocycles. The second kappa shape index (κ2) is 5.06. The second-order valence-electron chi connectivity index (χ2n) is 8.03. The molecule has 1 amide bonds. The normalized spacial score (nSPS) is 38.4. The van der Waals surface area contributed by atoms with Crippen molar-refractivity contribution < 1.29 is 9.90 Å². The van der Waals surface area contributed by atoms with E-state index in [2.05, 4.69) is 16.4 Å². The topological polar surface area (TPSA) is 88.2 Å². The Labute approximate surface area is 141 Å². The van der Waals surface area contributed by atoms with Crippen molar-refractivity contribution in [2.45, 2.75) is 44.2 Å². The number of primary amides is 1. The van der Waals surface area contributed by atoms with Gasteiger partial charge in [0.1, 0.15) is 0 Å². The van der Waals surface area contributed by atoms with Crippen molar-refractivity contribution in [2.75, 3.05) is 5.32 Å². The van der Waals surface area contributed by atoms with Crippen molar-refractivity contribution in [3.63, 3.8) is 0 Å². The summed E-state index contributed by atoms with van der Waals surface area (Å²) >= 11 is 0. The summed E-state index contributed by atoms with van der Waals surface area (Å²) < 4.78 is 0. The highest BCUT2D eigenvalue weighted by Gasteiger charge is 2.53. The summed E-state index contributed by atoms with van der Waals surface area (Å²) in [7, 11) is 0. The number of amides is 1. The molecule has 1 aromatic heterocycles. The van der Waals surface area contributed by atoms with E-state index in [1.807, 2.05) is 6.08 Å². The van der Waals surface area contributed by atoms with Crippen LogP contribution in [0.2, 0.25) is 0 Å². The van der Waals surface area contributed by atoms with Crippen molar-refractivity contribution in [1.29, 1.82) is 0 Å². The average molecular weight is 325 g/mol. The zero-order chi connectivity index (χ0) is 16.4. The van der Waals surface area contributed by atoms with Gasteiger partial charge in [-0.3, -0.25) is 9.78 Å². The first kappa shape index (κ1) is 14.5. The lowest BCUT2D eigenvalue weighted by Gasteiger charge is -2.57. The Hall–Kier alpha value is -1.88. The molecule has 5 heteroatoms. The molecule has 6 atom stereocenters. The highest BCUT2D eigenvalue weighted by Crippen LogP contribution is 2.54. The molecule has 4 saturated carbocycles. The van der Waals surface area contributed by atoms with Crippen molar-refractivity contribution in [3.8, 4) is 0 Å². The zero-order valence-electron chi connectivity index (χ0n) is 13.6. The number of allylic oxidation sites excluding steroid dienone is 1. The second-order valence-corrected chi connectivity index (χ2v) is 8.03. The van der Waals surface area contributed by atoms with E-state index in [0.717, 1.165) is 42.1 Å². The number of nitrogens with one attached hydrogen (secondary N) is 1. The largest absolute Gasteiger partial charge is 0.392 e. The molecule has 0 aromatic carbocycles. The number of nitrogens with two attached hydrogens (primary N) is 1. The summed E-state index contributed by atoms with van der Waals surface area (Å²) in [6.45, 7) is 0. The van der Waals surface area contributed by atoms with E-state index < -0.39 is 5.91 Å². The van der Waals surface area contributed by atoms with E-state index >= 15 is 0 Å². The monoisotopic (exact) mass is 325 g/mol. The number of carbonyl (C=O) groups is 1. The molecule has 126 valence electrons. The van der Waals surface area contributed by atoms with Gasteiger partial charge in [-0.15, -0.1) is 0 Å². The van der Waals surface area contributed by atoms with E-state index in [9.17, 15) is 9.90 Å². The quantitative estimate of drug-likeness (QED) is 0.792. The smallest absolute Gasteiger partial charge is 0.252 e. The Morgan fingerprint density at radius 2 is 2.08 bits per heavy atom. The molecule has 5 aliphatic rings. The van der Waals surface area contributed by atoms with E-state index in [1.165, 1.54) is 12.8 Å². The zero-order valence-corrected chi connectivity index (χ0v) is 13.6. The molecule has 0 saturated heterocycles. The number of carbonyl (C=O) groups excluding carboxylic acids is 1. The van der Waals surface area contributed by atoms with Gasteiger partial charge in [-0.05, 0) is 43.4 Å². The van der Waals surface area contributed by atoms with E-state index in [0.29, 0.717) is 17.4 Å². The van der Waals surface area contributed by atoms with Crippen molar-refractivity contribution in [3.05, 3.63) is 29.1 Å². The number of anilines is 1. The highest BCUT2D eigenvalue weighted by molar-refractivity contribution is 6.00. The molecule has 4 bridgehead atoms. The van der Waals surface area contributed by atoms with Crippen molar-refractivity contribution in [2.24, 2.45) is 29.4 Å². The van der Waals surface area contributed by atoms with E-state index in [1.54, 1.807) is 6.20 Å². The highest BCUT2D eigenvalue weighted by atomic mass is 16.3. The van der Waals surface area contributed by atoms with E-state index in [-0.39, 0.29) is 18.1 Å². The maximum absolute atomic E-state index is 11.9. The predicted octanol–water partition coefficient (Wildman–Crippen LogP) is 1.96. The standard InChI is InChI=1S/C19H23N3O2/c20-19(24)14-8-21-15-3-1-2-12(15)17(14)22-16-10-4-9-5-11(7-10)18(23)13(16)6-9/h1-2,8-11,13,16,18,23H,3-7H2,(H2,20,24)(H,21,22)/t9?,10-,11+,13+,16-,18+/m0/s1. The lowest BCUT2D eigenvalue weighted by molar-refractivity contribution is -0.0993. The van der Waals surface area contributed by atoms with Gasteiger partial charge in [0.2, 0.25) is 0 Å². The molecule has 1 aromatic rings. The number of fused-ring (bicyclic) bond motifs is 1. The minimum Gasteiger partial charge on any atom is -0.392 e. The van der Waals surface area contributed by atoms with Crippen LogP contribution in [-0.2, 0) is 6.42 Å². The summed E-state index contributed by atoms with van der Waals surface area (Å²) in [6, 6.07) is 0.228. The third kappa shape index (κ3) is 1.97. The Balaban J connectivity index is 1.53. The predicted molar refractivity (Wildman–Crippen MR) is 91.3 cm³/mol. The summed E-state index contributed by atoms with van der Waals surface area (Å²) in [5, 5.41) is 14.3. The fourth-order valence-electron chi connectivity index (χ4n) is 5.81. The number of aliphatic hydroxyl groups excluding tert-OH is 1. The molecular formula is C19H23N3O2. The van der Waals surface area contributed by atoms with Crippen LogP contribution >= 0.6 is 0 Å². The van der Waals surface area contributed by atoms with Crippen LogP contribution in [0.1, 0.15) is 47.3 Å². The fraction of sp³-hybridized carbons (Fsp3) is 0.579. The summed E-state index contributed by atoms with van der Waals surface area (Å²) in [5.41, 5.74) is 8.87. The summed E-state index contributed by atoms with van der Waals surface area (Å²) in [6.07, 6.45) is 10.9. The lowest BCUT2D eigenvalue weighted by Crippen LogP contribution is -2.58. The Bertz CT molecular complexity index is 744. The summed E-state index contributed by atoms with van der Waals surface area (Å²) in [4.78, 5) is 16.3. The molecule has 24 heavy (non-hydrogen) atoms. The van der Waals surface area contributed by atoms with Crippen LogP contribution in [0.3, 0.4) is 0 Å². The van der Waals surface area contributed by atoms with Gasteiger partial charge in [-0.25, -0.2) is 0 Å². The molecule has 1 unspecified atom stereocenters. The van der Waals surface area contributed by atoms with Gasteiger partial charge >= 0.3 is 0 Å². The molecular weight excluding hydrogens is 302 g/mol. The van der Waals surface area contributed by atoms with Crippen LogP contribution in [0.25, 0.3) is 6.08 Å². The average Bonchev–Trinajstić information content (AvgIpc) is 3.03. The van der Waals surface area contributed by atoms with Gasteiger partial charge in [0.05, 0.1) is 23.0 Å². The van der Waals surface area contributed by atoms with Gasteiger partial charge in [-0.1, -0.05) is 12.2 Å². The Kier molecular flexibility index (Phi) is 3.05. The molecule has 4 fully saturated rings. The number of pyridine rings is 1. The molecule has 4 N–H and O–H groups in total. The van der Waals surface area contributed by atoms with E-state index in [4.69, 9.17) is 5.73 Å². The number of aromatic nitrogens is 1. The minimum absolute atomic E-state index is 0.210. The molecule has 0 spiro atoms. The van der Waals surface area contributed by atoms with Gasteiger partial charge in [0.25, 0.3) is 5.91 Å². The number of hydrogen-bond donors (Lipinski definition) is 3. The maximum atomic E-state index is 11.9. The SMILES string of the molecule is NC(=O)c1cnc2c(c1N[C@H]1[C@H]3CC4C[C@H](C3)[C@@H](O)[C@@H]1C4)C=CC2. The molecule has 0 radical (unpaired) electrons. The molecule has 0 aliphatic heterocycles. The molecule has 5 aliphatic carbocycles. The first-order chi connectivity index (χ1) is 11.6. The molecule has 5 nitrogen and oxygen atoms in total. The lowest BCUT2D eigenvalue weighted by atomic mass is 9.53. The van der Waals surface area contributed by atoms with Crippen LogP contribution < -0.4 is 11.1 Å². The van der Waals surface area contributed by atoms with Crippen LogP contribution in [-0.4, -0.2) is 28.1 Å². The van der Waals surface area contributed by atoms with Crippen molar-refractivity contribution in [1.82, 2.24) is 4.98 Å². The van der Waals surface area contributed by atoms with Crippen LogP contribution in [0.4, 0.5) is 5.69 Å². The first-order valence-corrected chi connectivity index (χ1v) is 9.04. The Morgan fingerprint density at radius 3 is 2.92 bits per heavy atom. The first-order valence-electron chi connectivity index (χ1n) is 9.04.